The van der Waals surface area contributed by atoms with Gasteiger partial charge in [0.25, 0.3) is 0 Å². The minimum Gasteiger partial charge on any atom is -0.494 e. The third-order valence-electron chi connectivity index (χ3n) is 3.21. The first-order valence-corrected chi connectivity index (χ1v) is 8.77. The van der Waals surface area contributed by atoms with Crippen LogP contribution < -0.4 is 9.54 Å². The van der Waals surface area contributed by atoms with Gasteiger partial charge in [0.05, 0.1) is 18.9 Å². The topological polar surface area (TPSA) is 73.0 Å². The summed E-state index contributed by atoms with van der Waals surface area (Å²) in [5.41, 5.74) is 1.63. The van der Waals surface area contributed by atoms with Crippen LogP contribution in [-0.4, -0.2) is 35.5 Å². The first-order valence-electron chi connectivity index (χ1n) is 7.89. The van der Waals surface area contributed by atoms with Crippen molar-refractivity contribution in [2.75, 3.05) is 19.8 Å². The lowest BCUT2D eigenvalue weighted by Crippen LogP contribution is -2.24. The fraction of sp³-hybridized carbons (Fsp3) is 0.412. The number of aliphatic hydroxyl groups excluding tert-OH is 1. The number of carbonyl (C=O) groups is 1. The Morgan fingerprint density at radius 3 is 2.62 bits per heavy atom. The van der Waals surface area contributed by atoms with Gasteiger partial charge in [-0.25, -0.2) is 4.99 Å². The molecule has 0 aliphatic carbocycles. The Morgan fingerprint density at radius 2 is 2.00 bits per heavy atom. The Bertz CT molecular complexity index is 719. The molecule has 0 amide bonds. The van der Waals surface area contributed by atoms with E-state index in [2.05, 4.69) is 4.99 Å². The Balaban J connectivity index is 2.32. The van der Waals surface area contributed by atoms with Crippen LogP contribution in [0.4, 0.5) is 5.69 Å². The molecule has 1 aromatic carbocycles. The van der Waals surface area contributed by atoms with Gasteiger partial charge in [0.1, 0.15) is 12.3 Å². The summed E-state index contributed by atoms with van der Waals surface area (Å²) in [6, 6.07) is 7.46. The van der Waals surface area contributed by atoms with Gasteiger partial charge in [-0.3, -0.25) is 4.79 Å². The number of aliphatic hydroxyl groups is 1. The molecule has 1 aromatic heterocycles. The minimum atomic E-state index is -0.316. The highest BCUT2D eigenvalue weighted by atomic mass is 32.1. The van der Waals surface area contributed by atoms with Crippen molar-refractivity contribution in [2.45, 2.75) is 26.8 Å². The maximum Gasteiger partial charge on any atom is 0.326 e. The highest BCUT2D eigenvalue weighted by Crippen LogP contribution is 2.18. The van der Waals surface area contributed by atoms with Crippen molar-refractivity contribution in [1.82, 2.24) is 4.57 Å². The molecule has 0 aliphatic heterocycles. The molecule has 2 rings (SSSR count). The SMILES string of the molecule is CCOC(=O)Cn1c(CCO)csc1=Nc1ccc(OCC)cc1. The van der Waals surface area contributed by atoms with Crippen molar-refractivity contribution < 1.29 is 19.4 Å². The number of thiazole rings is 1. The van der Waals surface area contributed by atoms with E-state index in [9.17, 15) is 9.90 Å². The van der Waals surface area contributed by atoms with Gasteiger partial charge in [0, 0.05) is 24.1 Å². The van der Waals surface area contributed by atoms with E-state index in [4.69, 9.17) is 9.47 Å². The largest absolute Gasteiger partial charge is 0.494 e. The molecule has 130 valence electrons. The summed E-state index contributed by atoms with van der Waals surface area (Å²) in [6.07, 6.45) is 0.467. The second-order valence-electron chi connectivity index (χ2n) is 4.91. The third kappa shape index (κ3) is 4.94. The number of hydrogen-bond donors (Lipinski definition) is 1. The number of esters is 1. The fourth-order valence-corrected chi connectivity index (χ4v) is 3.12. The average molecular weight is 350 g/mol. The quantitative estimate of drug-likeness (QED) is 0.741. The highest BCUT2D eigenvalue weighted by Gasteiger charge is 2.10. The monoisotopic (exact) mass is 350 g/mol. The van der Waals surface area contributed by atoms with Gasteiger partial charge in [-0.15, -0.1) is 11.3 Å². The zero-order valence-corrected chi connectivity index (χ0v) is 14.7. The summed E-state index contributed by atoms with van der Waals surface area (Å²) in [4.78, 5) is 17.1. The van der Waals surface area contributed by atoms with Crippen LogP contribution in [0.25, 0.3) is 0 Å². The Morgan fingerprint density at radius 1 is 1.25 bits per heavy atom. The number of rotatable bonds is 8. The van der Waals surface area contributed by atoms with Crippen LogP contribution in [0.2, 0.25) is 0 Å². The summed E-state index contributed by atoms with van der Waals surface area (Å²) in [5.74, 6) is 0.478. The molecule has 0 fully saturated rings. The molecule has 0 unspecified atom stereocenters. The predicted molar refractivity (Wildman–Crippen MR) is 92.6 cm³/mol. The van der Waals surface area contributed by atoms with Crippen molar-refractivity contribution in [3.05, 3.63) is 40.1 Å². The molecular formula is C17H22N2O4S. The molecule has 24 heavy (non-hydrogen) atoms. The van der Waals surface area contributed by atoms with Crippen LogP contribution in [-0.2, 0) is 22.5 Å². The van der Waals surface area contributed by atoms with E-state index in [0.29, 0.717) is 24.4 Å². The average Bonchev–Trinajstić information content (AvgIpc) is 2.92. The molecule has 6 nitrogen and oxygen atoms in total. The molecule has 0 saturated carbocycles. The molecule has 2 aromatic rings. The van der Waals surface area contributed by atoms with E-state index >= 15 is 0 Å². The zero-order chi connectivity index (χ0) is 17.4. The third-order valence-corrected chi connectivity index (χ3v) is 4.12. The minimum absolute atomic E-state index is 0.0159. The normalized spacial score (nSPS) is 11.5. The summed E-state index contributed by atoms with van der Waals surface area (Å²) < 4.78 is 12.2. The van der Waals surface area contributed by atoms with Gasteiger partial charge in [0.2, 0.25) is 0 Å². The van der Waals surface area contributed by atoms with Gasteiger partial charge in [-0.05, 0) is 38.1 Å². The van der Waals surface area contributed by atoms with Gasteiger partial charge in [-0.1, -0.05) is 0 Å². The maximum atomic E-state index is 11.8. The van der Waals surface area contributed by atoms with Crippen LogP contribution in [0.15, 0.2) is 34.6 Å². The molecule has 0 atom stereocenters. The first-order chi connectivity index (χ1) is 11.7. The molecule has 0 radical (unpaired) electrons. The number of carbonyl (C=O) groups excluding carboxylic acids is 1. The molecule has 0 bridgehead atoms. The summed E-state index contributed by atoms with van der Waals surface area (Å²) in [7, 11) is 0. The van der Waals surface area contributed by atoms with Crippen molar-refractivity contribution in [3.63, 3.8) is 0 Å². The molecule has 0 aliphatic rings. The number of nitrogens with zero attached hydrogens (tertiary/aromatic N) is 2. The lowest BCUT2D eigenvalue weighted by molar-refractivity contribution is -0.143. The van der Waals surface area contributed by atoms with E-state index < -0.39 is 0 Å². The highest BCUT2D eigenvalue weighted by molar-refractivity contribution is 7.07. The van der Waals surface area contributed by atoms with Crippen LogP contribution in [0.5, 0.6) is 5.75 Å². The summed E-state index contributed by atoms with van der Waals surface area (Å²) in [5, 5.41) is 11.1. The van der Waals surface area contributed by atoms with Crippen LogP contribution in [0.3, 0.4) is 0 Å². The van der Waals surface area contributed by atoms with E-state index in [1.165, 1.54) is 11.3 Å². The zero-order valence-electron chi connectivity index (χ0n) is 13.9. The van der Waals surface area contributed by atoms with E-state index in [1.54, 1.807) is 11.5 Å². The smallest absolute Gasteiger partial charge is 0.326 e. The second-order valence-corrected chi connectivity index (χ2v) is 5.75. The molecule has 1 N–H and O–H groups in total. The van der Waals surface area contributed by atoms with Crippen LogP contribution >= 0.6 is 11.3 Å². The Labute approximate surface area is 145 Å². The fourth-order valence-electron chi connectivity index (χ4n) is 2.16. The molecule has 0 saturated heterocycles. The van der Waals surface area contributed by atoms with Crippen LogP contribution in [0.1, 0.15) is 19.5 Å². The van der Waals surface area contributed by atoms with Gasteiger partial charge >= 0.3 is 5.97 Å². The van der Waals surface area contributed by atoms with Gasteiger partial charge in [-0.2, -0.15) is 0 Å². The first kappa shape index (κ1) is 18.2. The molecule has 1 heterocycles. The summed E-state index contributed by atoms with van der Waals surface area (Å²) >= 11 is 1.43. The lowest BCUT2D eigenvalue weighted by Gasteiger charge is -2.07. The number of ether oxygens (including phenoxy) is 2. The van der Waals surface area contributed by atoms with E-state index in [1.807, 2.05) is 36.6 Å². The number of benzene rings is 1. The van der Waals surface area contributed by atoms with Crippen molar-refractivity contribution in [1.29, 1.82) is 0 Å². The number of aromatic nitrogens is 1. The second kappa shape index (κ2) is 9.24. The van der Waals surface area contributed by atoms with E-state index in [0.717, 1.165) is 17.1 Å². The van der Waals surface area contributed by atoms with Gasteiger partial charge < -0.3 is 19.1 Å². The summed E-state index contributed by atoms with van der Waals surface area (Å²) in [6.45, 7) is 4.77. The Hall–Kier alpha value is -2.12. The molecule has 0 spiro atoms. The van der Waals surface area contributed by atoms with Gasteiger partial charge in [0.15, 0.2) is 4.80 Å². The standard InChI is InChI=1S/C17H22N2O4S/c1-3-22-15-7-5-13(6-8-15)18-17-19(11-16(21)23-4-2)14(9-10-20)12-24-17/h5-8,12,20H,3-4,9-11H2,1-2H3. The maximum absolute atomic E-state index is 11.8. The van der Waals surface area contributed by atoms with E-state index in [-0.39, 0.29) is 19.1 Å². The van der Waals surface area contributed by atoms with Crippen LogP contribution in [0, 0.1) is 0 Å². The molecular weight excluding hydrogens is 328 g/mol. The molecule has 7 heteroatoms. The lowest BCUT2D eigenvalue weighted by atomic mass is 10.3. The van der Waals surface area contributed by atoms with Crippen molar-refractivity contribution in [2.24, 2.45) is 4.99 Å². The van der Waals surface area contributed by atoms with Crippen molar-refractivity contribution >= 4 is 23.0 Å². The predicted octanol–water partition coefficient (Wildman–Crippen LogP) is 2.28. The number of hydrogen-bond acceptors (Lipinski definition) is 6. The Kier molecular flexibility index (Phi) is 7.02. The van der Waals surface area contributed by atoms with Crippen molar-refractivity contribution in [3.8, 4) is 5.75 Å².